The van der Waals surface area contributed by atoms with E-state index < -0.39 is 5.76 Å². The second-order valence-electron chi connectivity index (χ2n) is 5.09. The average molecular weight is 283 g/mol. The highest BCUT2D eigenvalue weighted by molar-refractivity contribution is 7.99. The van der Waals surface area contributed by atoms with Crippen molar-refractivity contribution in [2.24, 2.45) is 0 Å². The highest BCUT2D eigenvalue weighted by Crippen LogP contribution is 2.42. The van der Waals surface area contributed by atoms with Gasteiger partial charge in [0.2, 0.25) is 0 Å². The van der Waals surface area contributed by atoms with Crippen LogP contribution in [0.5, 0.6) is 0 Å². The van der Waals surface area contributed by atoms with E-state index in [0.717, 1.165) is 18.5 Å². The Morgan fingerprint density at radius 2 is 1.79 bits per heavy atom. The van der Waals surface area contributed by atoms with Crippen LogP contribution in [0.4, 0.5) is 14.5 Å². The normalized spacial score (nSPS) is 26.3. The Morgan fingerprint density at radius 3 is 2.42 bits per heavy atom. The summed E-state index contributed by atoms with van der Waals surface area (Å²) in [7, 11) is 0. The first kappa shape index (κ1) is 12.9. The molecule has 0 N–H and O–H groups in total. The molecule has 0 radical (unpaired) electrons. The summed E-state index contributed by atoms with van der Waals surface area (Å²) in [6, 6.07) is 7.69. The van der Waals surface area contributed by atoms with Gasteiger partial charge >= 0.3 is 0 Å². The van der Waals surface area contributed by atoms with Gasteiger partial charge in [-0.1, -0.05) is 23.9 Å². The third kappa shape index (κ3) is 2.48. The van der Waals surface area contributed by atoms with E-state index in [0.29, 0.717) is 35.3 Å². The zero-order valence-corrected chi connectivity index (χ0v) is 11.2. The molecule has 0 amide bonds. The number of carbonyl (C=O) groups excluding carboxylic acids is 1. The Labute approximate surface area is 115 Å². The summed E-state index contributed by atoms with van der Waals surface area (Å²) < 4.78 is 25.3. The van der Waals surface area contributed by atoms with Gasteiger partial charge in [-0.05, 0) is 25.0 Å². The lowest BCUT2D eigenvalue weighted by molar-refractivity contribution is -0.120. The van der Waals surface area contributed by atoms with Gasteiger partial charge in [0.25, 0.3) is 5.76 Å². The molecule has 19 heavy (non-hydrogen) atoms. The number of thioether (sulfide) groups is 1. The van der Waals surface area contributed by atoms with Crippen molar-refractivity contribution in [1.29, 1.82) is 0 Å². The summed E-state index contributed by atoms with van der Waals surface area (Å²) in [6.45, 7) is 0. The van der Waals surface area contributed by atoms with E-state index in [1.54, 1.807) is 12.1 Å². The molecule has 0 saturated carbocycles. The van der Waals surface area contributed by atoms with Crippen molar-refractivity contribution in [2.75, 3.05) is 4.90 Å². The van der Waals surface area contributed by atoms with E-state index in [4.69, 9.17) is 0 Å². The molecule has 0 aliphatic carbocycles. The SMILES string of the molecule is O=C1CC2CCC(C1)N2c1ccccc1SC(F)F. The van der Waals surface area contributed by atoms with E-state index >= 15 is 0 Å². The van der Waals surface area contributed by atoms with Crippen molar-refractivity contribution in [3.63, 3.8) is 0 Å². The molecule has 5 heteroatoms. The molecule has 2 fully saturated rings. The molecule has 2 saturated heterocycles. The van der Waals surface area contributed by atoms with Gasteiger partial charge in [0.1, 0.15) is 5.78 Å². The highest BCUT2D eigenvalue weighted by atomic mass is 32.2. The fourth-order valence-corrected chi connectivity index (χ4v) is 3.87. The number of hydrogen-bond acceptors (Lipinski definition) is 3. The zero-order valence-electron chi connectivity index (χ0n) is 10.4. The Hall–Kier alpha value is -1.10. The van der Waals surface area contributed by atoms with E-state index in [1.165, 1.54) is 0 Å². The van der Waals surface area contributed by atoms with Crippen molar-refractivity contribution >= 4 is 23.2 Å². The number of carbonyl (C=O) groups is 1. The lowest BCUT2D eigenvalue weighted by Crippen LogP contribution is -2.43. The van der Waals surface area contributed by atoms with Crippen LogP contribution in [0.15, 0.2) is 29.2 Å². The van der Waals surface area contributed by atoms with Crippen molar-refractivity contribution in [2.45, 2.75) is 48.4 Å². The molecule has 2 aliphatic heterocycles. The van der Waals surface area contributed by atoms with Crippen LogP contribution in [-0.2, 0) is 4.79 Å². The minimum atomic E-state index is -2.41. The van der Waals surface area contributed by atoms with Crippen LogP contribution < -0.4 is 4.90 Å². The van der Waals surface area contributed by atoms with Gasteiger partial charge in [-0.3, -0.25) is 4.79 Å². The summed E-state index contributed by atoms with van der Waals surface area (Å²) in [4.78, 5) is 14.4. The monoisotopic (exact) mass is 283 g/mol. The molecular weight excluding hydrogens is 268 g/mol. The third-order valence-electron chi connectivity index (χ3n) is 3.91. The van der Waals surface area contributed by atoms with E-state index in [9.17, 15) is 13.6 Å². The molecule has 2 unspecified atom stereocenters. The summed E-state index contributed by atoms with van der Waals surface area (Å²) in [5.74, 6) is -2.10. The van der Waals surface area contributed by atoms with Gasteiger partial charge < -0.3 is 4.90 Å². The standard InChI is InChI=1S/C14H15F2NOS/c15-14(16)19-13-4-2-1-3-12(13)17-9-5-6-10(17)8-11(18)7-9/h1-4,9-10,14H,5-8H2. The van der Waals surface area contributed by atoms with E-state index in [1.807, 2.05) is 12.1 Å². The molecule has 2 heterocycles. The predicted molar refractivity (Wildman–Crippen MR) is 71.8 cm³/mol. The van der Waals surface area contributed by atoms with E-state index in [2.05, 4.69) is 4.90 Å². The molecule has 2 atom stereocenters. The Balaban J connectivity index is 1.92. The van der Waals surface area contributed by atoms with Crippen LogP contribution in [0, 0.1) is 0 Å². The molecule has 102 valence electrons. The van der Waals surface area contributed by atoms with Crippen LogP contribution in [0.1, 0.15) is 25.7 Å². The van der Waals surface area contributed by atoms with Gasteiger partial charge in [0.05, 0.1) is 5.69 Å². The Kier molecular flexibility index (Phi) is 3.48. The molecule has 2 aliphatic rings. The molecule has 2 bridgehead atoms. The van der Waals surface area contributed by atoms with Gasteiger partial charge in [0, 0.05) is 29.8 Å². The fraction of sp³-hybridized carbons (Fsp3) is 0.500. The smallest absolute Gasteiger partial charge is 0.288 e. The Morgan fingerprint density at radius 1 is 1.16 bits per heavy atom. The number of ketones is 1. The summed E-state index contributed by atoms with van der Waals surface area (Å²) in [6.07, 6.45) is 3.10. The number of halogens is 2. The zero-order chi connectivity index (χ0) is 13.4. The molecule has 3 rings (SSSR count). The summed E-state index contributed by atoms with van der Waals surface area (Å²) in [5, 5.41) is 0. The van der Waals surface area contributed by atoms with Gasteiger partial charge in [0.15, 0.2) is 0 Å². The van der Waals surface area contributed by atoms with Crippen molar-refractivity contribution in [3.05, 3.63) is 24.3 Å². The number of anilines is 1. The lowest BCUT2D eigenvalue weighted by atomic mass is 10.0. The number of benzene rings is 1. The van der Waals surface area contributed by atoms with Crippen LogP contribution in [0.3, 0.4) is 0 Å². The van der Waals surface area contributed by atoms with Crippen LogP contribution in [-0.4, -0.2) is 23.6 Å². The third-order valence-corrected chi connectivity index (χ3v) is 4.68. The minimum Gasteiger partial charge on any atom is -0.364 e. The molecular formula is C14H15F2NOS. The number of Topliss-reactive ketones (excluding diaryl/α,β-unsaturated/α-hetero) is 1. The first-order chi connectivity index (χ1) is 9.15. The minimum absolute atomic E-state index is 0.200. The number of alkyl halides is 2. The maximum absolute atomic E-state index is 12.6. The van der Waals surface area contributed by atoms with Crippen LogP contribution in [0.2, 0.25) is 0 Å². The van der Waals surface area contributed by atoms with Gasteiger partial charge in [-0.25, -0.2) is 0 Å². The number of hydrogen-bond donors (Lipinski definition) is 0. The molecule has 1 aromatic rings. The molecule has 2 nitrogen and oxygen atoms in total. The summed E-state index contributed by atoms with van der Waals surface area (Å²) >= 11 is 0.591. The molecule has 0 spiro atoms. The van der Waals surface area contributed by atoms with Crippen LogP contribution in [0.25, 0.3) is 0 Å². The number of fused-ring (bicyclic) bond motifs is 2. The maximum Gasteiger partial charge on any atom is 0.288 e. The largest absolute Gasteiger partial charge is 0.364 e. The molecule has 0 aromatic heterocycles. The quantitative estimate of drug-likeness (QED) is 0.789. The first-order valence-electron chi connectivity index (χ1n) is 6.49. The summed E-state index contributed by atoms with van der Waals surface area (Å²) in [5.41, 5.74) is 0.868. The van der Waals surface area contributed by atoms with Gasteiger partial charge in [-0.15, -0.1) is 0 Å². The topological polar surface area (TPSA) is 20.3 Å². The number of piperidine rings is 1. The van der Waals surface area contributed by atoms with E-state index in [-0.39, 0.29) is 12.1 Å². The average Bonchev–Trinajstić information content (AvgIpc) is 2.62. The van der Waals surface area contributed by atoms with Crippen LogP contribution >= 0.6 is 11.8 Å². The van der Waals surface area contributed by atoms with Gasteiger partial charge in [-0.2, -0.15) is 8.78 Å². The second kappa shape index (κ2) is 5.12. The lowest BCUT2D eigenvalue weighted by Gasteiger charge is -2.37. The Bertz CT molecular complexity index is 478. The highest BCUT2D eigenvalue weighted by Gasteiger charge is 2.40. The number of nitrogens with zero attached hydrogens (tertiary/aromatic N) is 1. The second-order valence-corrected chi connectivity index (χ2v) is 6.12. The van der Waals surface area contributed by atoms with Crippen molar-refractivity contribution in [1.82, 2.24) is 0 Å². The number of para-hydroxylation sites is 1. The fourth-order valence-electron chi connectivity index (χ4n) is 3.23. The van der Waals surface area contributed by atoms with Crippen molar-refractivity contribution in [3.8, 4) is 0 Å². The maximum atomic E-state index is 12.6. The van der Waals surface area contributed by atoms with Crippen molar-refractivity contribution < 1.29 is 13.6 Å². The number of rotatable bonds is 3. The predicted octanol–water partition coefficient (Wildman–Crippen LogP) is 3.70. The first-order valence-corrected chi connectivity index (χ1v) is 7.37. The molecule has 1 aromatic carbocycles.